The van der Waals surface area contributed by atoms with E-state index in [1.807, 2.05) is 28.9 Å². The monoisotopic (exact) mass is 465 g/mol. The van der Waals surface area contributed by atoms with E-state index in [1.165, 1.54) is 43.0 Å². The van der Waals surface area contributed by atoms with Gasteiger partial charge < -0.3 is 9.88 Å². The molecule has 2 aliphatic rings. The smallest absolute Gasteiger partial charge is 0.235 e. The minimum atomic E-state index is -0.0462. The molecule has 5 rings (SSSR count). The molecule has 8 nitrogen and oxygen atoms in total. The van der Waals surface area contributed by atoms with E-state index in [-0.39, 0.29) is 11.7 Å². The van der Waals surface area contributed by atoms with Crippen molar-refractivity contribution in [3.63, 3.8) is 0 Å². The molecule has 174 valence electrons. The number of anilines is 1. The second kappa shape index (κ2) is 10.5. The van der Waals surface area contributed by atoms with Gasteiger partial charge in [0.2, 0.25) is 5.91 Å². The van der Waals surface area contributed by atoms with Crippen molar-refractivity contribution in [1.82, 2.24) is 29.4 Å². The van der Waals surface area contributed by atoms with Crippen molar-refractivity contribution in [1.29, 1.82) is 0 Å². The molecule has 1 saturated carbocycles. The summed E-state index contributed by atoms with van der Waals surface area (Å²) in [6.07, 6.45) is 8.96. The van der Waals surface area contributed by atoms with Crippen LogP contribution in [0, 0.1) is 0 Å². The normalized spacial score (nSPS) is 17.1. The van der Waals surface area contributed by atoms with E-state index in [1.54, 1.807) is 6.20 Å². The Morgan fingerprint density at radius 3 is 2.58 bits per heavy atom. The summed E-state index contributed by atoms with van der Waals surface area (Å²) in [7, 11) is 0. The first kappa shape index (κ1) is 22.2. The Labute approximate surface area is 198 Å². The van der Waals surface area contributed by atoms with Crippen LogP contribution in [0.25, 0.3) is 0 Å². The third-order valence-corrected chi connectivity index (χ3v) is 7.45. The minimum Gasteiger partial charge on any atom is -0.310 e. The van der Waals surface area contributed by atoms with E-state index in [4.69, 9.17) is 0 Å². The molecule has 3 heterocycles. The Balaban J connectivity index is 1.26. The number of carbonyl (C=O) groups is 1. The van der Waals surface area contributed by atoms with Crippen LogP contribution < -0.4 is 5.32 Å². The highest BCUT2D eigenvalue weighted by atomic mass is 32.2. The molecule has 1 saturated heterocycles. The van der Waals surface area contributed by atoms with Gasteiger partial charge in [0.05, 0.1) is 31.1 Å². The Kier molecular flexibility index (Phi) is 7.06. The van der Waals surface area contributed by atoms with Crippen LogP contribution in [0.3, 0.4) is 0 Å². The number of nitrogens with zero attached hydrogens (tertiary/aromatic N) is 6. The van der Waals surface area contributed by atoms with Crippen molar-refractivity contribution in [2.24, 2.45) is 0 Å². The van der Waals surface area contributed by atoms with Gasteiger partial charge in [-0.1, -0.05) is 54.9 Å². The van der Waals surface area contributed by atoms with Crippen LogP contribution in [-0.4, -0.2) is 54.2 Å². The molecular weight excluding hydrogens is 434 g/mol. The average Bonchev–Trinajstić information content (AvgIpc) is 3.63. The van der Waals surface area contributed by atoms with Crippen molar-refractivity contribution >= 4 is 23.5 Å². The molecule has 1 aliphatic carbocycles. The lowest BCUT2D eigenvalue weighted by Crippen LogP contribution is -2.22. The van der Waals surface area contributed by atoms with Gasteiger partial charge in [0.15, 0.2) is 5.16 Å². The Morgan fingerprint density at radius 2 is 1.79 bits per heavy atom. The number of hydrogen-bond donors (Lipinski definition) is 1. The maximum Gasteiger partial charge on any atom is 0.235 e. The van der Waals surface area contributed by atoms with E-state index >= 15 is 0 Å². The highest BCUT2D eigenvalue weighted by Gasteiger charge is 2.22. The molecule has 1 aliphatic heterocycles. The van der Waals surface area contributed by atoms with Crippen molar-refractivity contribution in [3.8, 4) is 0 Å². The highest BCUT2D eigenvalue weighted by Crippen LogP contribution is 2.31. The lowest BCUT2D eigenvalue weighted by molar-refractivity contribution is -0.113. The molecule has 3 aromatic rings. The van der Waals surface area contributed by atoms with E-state index in [0.29, 0.717) is 12.6 Å². The van der Waals surface area contributed by atoms with Gasteiger partial charge in [-0.05, 0) is 44.3 Å². The van der Waals surface area contributed by atoms with E-state index in [0.717, 1.165) is 49.3 Å². The lowest BCUT2D eigenvalue weighted by atomic mass is 10.2. The maximum absolute atomic E-state index is 12.8. The standard InChI is InChI=1S/C24H31N7OS/c32-23(26-21-12-13-25-31(21)20-10-4-5-11-20)18-33-24-28-27-22(17-29-14-6-7-15-29)30(24)16-19-8-2-1-3-9-19/h1-3,8-9,12-13,20H,4-7,10-11,14-18H2,(H,26,32). The van der Waals surface area contributed by atoms with E-state index < -0.39 is 0 Å². The molecule has 0 atom stereocenters. The SMILES string of the molecule is O=C(CSc1nnc(CN2CCCC2)n1Cc1ccccc1)Nc1ccnn1C1CCCC1. The summed E-state index contributed by atoms with van der Waals surface area (Å²) in [5.74, 6) is 1.98. The molecule has 0 spiro atoms. The molecule has 9 heteroatoms. The quantitative estimate of drug-likeness (QED) is 0.482. The molecule has 2 fully saturated rings. The molecule has 0 unspecified atom stereocenters. The van der Waals surface area contributed by atoms with Gasteiger partial charge in [0.1, 0.15) is 11.6 Å². The minimum absolute atomic E-state index is 0.0462. The maximum atomic E-state index is 12.8. The molecule has 1 amide bonds. The second-order valence-electron chi connectivity index (χ2n) is 8.89. The number of likely N-dealkylation sites (tertiary alicyclic amines) is 1. The molecule has 33 heavy (non-hydrogen) atoms. The Hall–Kier alpha value is -2.65. The fraction of sp³-hybridized carbons (Fsp3) is 0.500. The van der Waals surface area contributed by atoms with Crippen LogP contribution >= 0.6 is 11.8 Å². The number of benzene rings is 1. The number of thioether (sulfide) groups is 1. The van der Waals surface area contributed by atoms with E-state index in [9.17, 15) is 4.79 Å². The third-order valence-electron chi connectivity index (χ3n) is 6.48. The zero-order valence-electron chi connectivity index (χ0n) is 18.9. The fourth-order valence-electron chi connectivity index (χ4n) is 4.77. The highest BCUT2D eigenvalue weighted by molar-refractivity contribution is 7.99. The average molecular weight is 466 g/mol. The summed E-state index contributed by atoms with van der Waals surface area (Å²) >= 11 is 1.44. The topological polar surface area (TPSA) is 80.9 Å². The Morgan fingerprint density at radius 1 is 1.00 bits per heavy atom. The summed E-state index contributed by atoms with van der Waals surface area (Å²) in [5.41, 5.74) is 1.20. The van der Waals surface area contributed by atoms with Crippen molar-refractivity contribution in [3.05, 3.63) is 54.0 Å². The molecule has 1 aromatic carbocycles. The molecule has 2 aromatic heterocycles. The van der Waals surface area contributed by atoms with Crippen molar-refractivity contribution < 1.29 is 4.79 Å². The number of nitrogens with one attached hydrogen (secondary N) is 1. The molecular formula is C24H31N7OS. The summed E-state index contributed by atoms with van der Waals surface area (Å²) < 4.78 is 4.13. The van der Waals surface area contributed by atoms with Crippen LogP contribution in [-0.2, 0) is 17.9 Å². The fourth-order valence-corrected chi connectivity index (χ4v) is 5.53. The third kappa shape index (κ3) is 5.47. The first-order chi connectivity index (χ1) is 16.3. The van der Waals surface area contributed by atoms with Crippen LogP contribution in [0.5, 0.6) is 0 Å². The summed E-state index contributed by atoms with van der Waals surface area (Å²) in [5, 5.41) is 17.2. The van der Waals surface area contributed by atoms with Crippen LogP contribution in [0.2, 0.25) is 0 Å². The number of rotatable bonds is 9. The molecule has 1 N–H and O–H groups in total. The van der Waals surface area contributed by atoms with Crippen molar-refractivity contribution in [2.45, 2.75) is 62.8 Å². The van der Waals surface area contributed by atoms with Crippen LogP contribution in [0.4, 0.5) is 5.82 Å². The molecule has 0 bridgehead atoms. The van der Waals surface area contributed by atoms with Crippen LogP contribution in [0.1, 0.15) is 56.0 Å². The number of aromatic nitrogens is 5. The summed E-state index contributed by atoms with van der Waals surface area (Å²) in [6.45, 7) is 3.72. The summed E-state index contributed by atoms with van der Waals surface area (Å²) in [6, 6.07) is 12.6. The van der Waals surface area contributed by atoms with Gasteiger partial charge in [-0.25, -0.2) is 4.68 Å². The first-order valence-electron chi connectivity index (χ1n) is 11.9. The molecule has 0 radical (unpaired) electrons. The van der Waals surface area contributed by atoms with Gasteiger partial charge in [0.25, 0.3) is 0 Å². The largest absolute Gasteiger partial charge is 0.310 e. The van der Waals surface area contributed by atoms with Gasteiger partial charge in [-0.2, -0.15) is 5.10 Å². The van der Waals surface area contributed by atoms with Gasteiger partial charge in [-0.3, -0.25) is 9.69 Å². The zero-order valence-corrected chi connectivity index (χ0v) is 19.7. The summed E-state index contributed by atoms with van der Waals surface area (Å²) in [4.78, 5) is 15.2. The van der Waals surface area contributed by atoms with Crippen molar-refractivity contribution in [2.75, 3.05) is 24.2 Å². The van der Waals surface area contributed by atoms with Gasteiger partial charge in [-0.15, -0.1) is 10.2 Å². The van der Waals surface area contributed by atoms with Crippen LogP contribution in [0.15, 0.2) is 47.8 Å². The number of amides is 1. The Bertz CT molecular complexity index is 1050. The second-order valence-corrected chi connectivity index (χ2v) is 9.83. The van der Waals surface area contributed by atoms with E-state index in [2.05, 4.69) is 42.2 Å². The predicted molar refractivity (Wildman–Crippen MR) is 129 cm³/mol. The zero-order chi connectivity index (χ0) is 22.5. The predicted octanol–water partition coefficient (Wildman–Crippen LogP) is 3.96. The number of carbonyl (C=O) groups excluding carboxylic acids is 1. The number of hydrogen-bond acceptors (Lipinski definition) is 6. The van der Waals surface area contributed by atoms with Gasteiger partial charge in [0, 0.05) is 6.07 Å². The van der Waals surface area contributed by atoms with Gasteiger partial charge >= 0.3 is 0 Å². The first-order valence-corrected chi connectivity index (χ1v) is 12.9. The lowest BCUT2D eigenvalue weighted by Gasteiger charge is -2.16.